The van der Waals surface area contributed by atoms with E-state index in [0.29, 0.717) is 17.7 Å². The normalized spacial score (nSPS) is 22.3. The van der Waals surface area contributed by atoms with Crippen molar-refractivity contribution < 1.29 is 4.79 Å². The van der Waals surface area contributed by atoms with Crippen LogP contribution in [0.2, 0.25) is 5.15 Å². The van der Waals surface area contributed by atoms with Gasteiger partial charge in [-0.25, -0.2) is 4.98 Å². The van der Waals surface area contributed by atoms with Crippen molar-refractivity contribution in [2.45, 2.75) is 19.3 Å². The minimum Gasteiger partial charge on any atom is -0.341 e. The molecule has 0 bridgehead atoms. The molecular weight excluding hydrogens is 280 g/mol. The Morgan fingerprint density at radius 3 is 3.15 bits per heavy atom. The monoisotopic (exact) mass is 294 g/mol. The van der Waals surface area contributed by atoms with Crippen molar-refractivity contribution in [2.75, 3.05) is 11.9 Å². The van der Waals surface area contributed by atoms with E-state index >= 15 is 0 Å². The fourth-order valence-electron chi connectivity index (χ4n) is 2.72. The summed E-state index contributed by atoms with van der Waals surface area (Å²) in [7, 11) is 0. The lowest BCUT2D eigenvalue weighted by Crippen LogP contribution is -2.30. The topological polar surface area (TPSA) is 110 Å². The predicted molar refractivity (Wildman–Crippen MR) is 75.2 cm³/mol. The number of nitrogens with two attached hydrogens (primary N) is 1. The Balaban J connectivity index is 1.80. The minimum absolute atomic E-state index is 0.0720. The van der Waals surface area contributed by atoms with Gasteiger partial charge in [-0.1, -0.05) is 18.0 Å². The molecule has 106 valence electrons. The SMILES string of the molecule is NCC1CCCC1C(=O)Nc1nc(Cl)c2[nH]cnc2n1. The summed E-state index contributed by atoms with van der Waals surface area (Å²) in [6.45, 7) is 0.526. The van der Waals surface area contributed by atoms with Crippen LogP contribution in [0.15, 0.2) is 6.33 Å². The van der Waals surface area contributed by atoms with Gasteiger partial charge in [0.1, 0.15) is 5.52 Å². The third-order valence-corrected chi connectivity index (χ3v) is 4.05. The van der Waals surface area contributed by atoms with Crippen molar-refractivity contribution in [1.29, 1.82) is 0 Å². The van der Waals surface area contributed by atoms with Gasteiger partial charge in [0.25, 0.3) is 0 Å². The first-order valence-electron chi connectivity index (χ1n) is 6.56. The lowest BCUT2D eigenvalue weighted by Gasteiger charge is -2.16. The maximum absolute atomic E-state index is 12.3. The summed E-state index contributed by atoms with van der Waals surface area (Å²) in [5.41, 5.74) is 6.69. The van der Waals surface area contributed by atoms with Crippen LogP contribution in [0.1, 0.15) is 19.3 Å². The summed E-state index contributed by atoms with van der Waals surface area (Å²) in [5, 5.41) is 2.96. The molecule has 1 aliphatic carbocycles. The van der Waals surface area contributed by atoms with Gasteiger partial charge in [0, 0.05) is 5.92 Å². The zero-order valence-corrected chi connectivity index (χ0v) is 11.5. The molecule has 0 aromatic carbocycles. The van der Waals surface area contributed by atoms with Gasteiger partial charge in [-0.05, 0) is 25.3 Å². The van der Waals surface area contributed by atoms with Crippen molar-refractivity contribution in [1.82, 2.24) is 19.9 Å². The van der Waals surface area contributed by atoms with Gasteiger partial charge in [0.05, 0.1) is 6.33 Å². The van der Waals surface area contributed by atoms with Crippen LogP contribution in [-0.2, 0) is 4.79 Å². The molecule has 1 saturated carbocycles. The summed E-state index contributed by atoms with van der Waals surface area (Å²) in [6, 6.07) is 0. The molecule has 2 heterocycles. The first-order valence-corrected chi connectivity index (χ1v) is 6.94. The van der Waals surface area contributed by atoms with E-state index in [1.54, 1.807) is 0 Å². The van der Waals surface area contributed by atoms with E-state index in [0.717, 1.165) is 19.3 Å². The molecule has 2 aromatic heterocycles. The van der Waals surface area contributed by atoms with E-state index in [-0.39, 0.29) is 28.8 Å². The number of anilines is 1. The number of aromatic amines is 1. The molecule has 1 fully saturated rings. The number of halogens is 1. The fourth-order valence-corrected chi connectivity index (χ4v) is 2.94. The van der Waals surface area contributed by atoms with Crippen LogP contribution < -0.4 is 11.1 Å². The van der Waals surface area contributed by atoms with E-state index in [4.69, 9.17) is 17.3 Å². The molecule has 7 nitrogen and oxygen atoms in total. The molecule has 3 rings (SSSR count). The molecule has 2 unspecified atom stereocenters. The summed E-state index contributed by atoms with van der Waals surface area (Å²) >= 11 is 6.01. The number of hydrogen-bond acceptors (Lipinski definition) is 5. The zero-order valence-electron chi connectivity index (χ0n) is 10.8. The van der Waals surface area contributed by atoms with E-state index in [9.17, 15) is 4.79 Å². The fraction of sp³-hybridized carbons (Fsp3) is 0.500. The average Bonchev–Trinajstić information content (AvgIpc) is 3.06. The van der Waals surface area contributed by atoms with Crippen LogP contribution in [0.25, 0.3) is 11.2 Å². The largest absolute Gasteiger partial charge is 0.341 e. The van der Waals surface area contributed by atoms with Gasteiger partial charge in [0.15, 0.2) is 10.8 Å². The van der Waals surface area contributed by atoms with Crippen LogP contribution in [0.5, 0.6) is 0 Å². The van der Waals surface area contributed by atoms with E-state index in [1.165, 1.54) is 6.33 Å². The van der Waals surface area contributed by atoms with E-state index in [1.807, 2.05) is 0 Å². The van der Waals surface area contributed by atoms with Gasteiger partial charge >= 0.3 is 0 Å². The number of H-pyrrole nitrogens is 1. The van der Waals surface area contributed by atoms with Crippen LogP contribution in [0, 0.1) is 11.8 Å². The van der Waals surface area contributed by atoms with Crippen LogP contribution in [-0.4, -0.2) is 32.4 Å². The summed E-state index contributed by atoms with van der Waals surface area (Å²) in [6.07, 6.45) is 4.36. The summed E-state index contributed by atoms with van der Waals surface area (Å²) in [5.74, 6) is 0.253. The van der Waals surface area contributed by atoms with Gasteiger partial charge in [-0.15, -0.1) is 0 Å². The summed E-state index contributed by atoms with van der Waals surface area (Å²) < 4.78 is 0. The third-order valence-electron chi connectivity index (χ3n) is 3.78. The first kappa shape index (κ1) is 13.3. The van der Waals surface area contributed by atoms with E-state index in [2.05, 4.69) is 25.3 Å². The highest BCUT2D eigenvalue weighted by Gasteiger charge is 2.32. The van der Waals surface area contributed by atoms with Crippen LogP contribution in [0.4, 0.5) is 5.95 Å². The lowest BCUT2D eigenvalue weighted by molar-refractivity contribution is -0.120. The highest BCUT2D eigenvalue weighted by atomic mass is 35.5. The van der Waals surface area contributed by atoms with Crippen molar-refractivity contribution in [3.8, 4) is 0 Å². The Labute approximate surface area is 120 Å². The Bertz CT molecular complexity index is 642. The number of aromatic nitrogens is 4. The van der Waals surface area contributed by atoms with Gasteiger partial charge < -0.3 is 10.7 Å². The number of imidazole rings is 1. The summed E-state index contributed by atoms with van der Waals surface area (Å²) in [4.78, 5) is 27.3. The van der Waals surface area contributed by atoms with E-state index < -0.39 is 0 Å². The number of amides is 1. The second-order valence-corrected chi connectivity index (χ2v) is 5.32. The quantitative estimate of drug-likeness (QED) is 0.740. The number of rotatable bonds is 3. The molecule has 4 N–H and O–H groups in total. The van der Waals surface area contributed by atoms with Crippen molar-refractivity contribution in [2.24, 2.45) is 17.6 Å². The molecular formula is C12H15ClN6O. The number of carbonyl (C=O) groups excluding carboxylic acids is 1. The Morgan fingerprint density at radius 1 is 1.50 bits per heavy atom. The highest BCUT2D eigenvalue weighted by molar-refractivity contribution is 6.33. The zero-order chi connectivity index (χ0) is 14.1. The highest BCUT2D eigenvalue weighted by Crippen LogP contribution is 2.31. The maximum Gasteiger partial charge on any atom is 0.233 e. The van der Waals surface area contributed by atoms with Crippen LogP contribution >= 0.6 is 11.6 Å². The molecule has 20 heavy (non-hydrogen) atoms. The Kier molecular flexibility index (Phi) is 3.54. The number of nitrogens with one attached hydrogen (secondary N) is 2. The first-order chi connectivity index (χ1) is 9.69. The number of nitrogens with zero attached hydrogens (tertiary/aromatic N) is 3. The predicted octanol–water partition coefficient (Wildman–Crippen LogP) is 1.32. The molecule has 0 aliphatic heterocycles. The van der Waals surface area contributed by atoms with Gasteiger partial charge in [0.2, 0.25) is 11.9 Å². The Morgan fingerprint density at radius 2 is 2.35 bits per heavy atom. The number of hydrogen-bond donors (Lipinski definition) is 3. The molecule has 1 amide bonds. The molecule has 0 radical (unpaired) electrons. The molecule has 2 aromatic rings. The number of fused-ring (bicyclic) bond motifs is 1. The van der Waals surface area contributed by atoms with Crippen molar-refractivity contribution in [3.63, 3.8) is 0 Å². The van der Waals surface area contributed by atoms with Crippen LogP contribution in [0.3, 0.4) is 0 Å². The molecule has 0 spiro atoms. The lowest BCUT2D eigenvalue weighted by atomic mass is 9.95. The van der Waals surface area contributed by atoms with Crippen molar-refractivity contribution >= 4 is 34.6 Å². The molecule has 2 atom stereocenters. The molecule has 8 heteroatoms. The minimum atomic E-state index is -0.0936. The number of carbonyl (C=O) groups is 1. The van der Waals surface area contributed by atoms with Gasteiger partial charge in [-0.2, -0.15) is 9.97 Å². The maximum atomic E-state index is 12.3. The van der Waals surface area contributed by atoms with Gasteiger partial charge in [-0.3, -0.25) is 10.1 Å². The molecule has 0 saturated heterocycles. The second-order valence-electron chi connectivity index (χ2n) is 4.96. The van der Waals surface area contributed by atoms with Crippen molar-refractivity contribution in [3.05, 3.63) is 11.5 Å². The standard InChI is InChI=1S/C12H15ClN6O/c13-9-8-10(16-5-15-8)18-12(17-9)19-11(20)7-3-1-2-6(7)4-14/h5-7H,1-4,14H2,(H2,15,16,17,18,19,20). The Hall–Kier alpha value is -1.73. The average molecular weight is 295 g/mol. The third kappa shape index (κ3) is 2.34. The smallest absolute Gasteiger partial charge is 0.233 e. The molecule has 1 aliphatic rings. The second kappa shape index (κ2) is 5.34.